The van der Waals surface area contributed by atoms with Crippen LogP contribution in [-0.4, -0.2) is 68.5 Å². The van der Waals surface area contributed by atoms with Crippen LogP contribution in [0.4, 0.5) is 4.39 Å². The second kappa shape index (κ2) is 7.97. The average molecular weight is 464 g/mol. The SMILES string of the molecule is CC1(C)C(=O)N(CCCO)C2=C3CCN(Cc4ccc(F)c(Cl)c4)C(=O)C3C(=O)C(=O)N21. The summed E-state index contributed by atoms with van der Waals surface area (Å²) in [4.78, 5) is 56.4. The number of aliphatic hydroxyl groups excluding tert-OH is 1. The molecule has 1 unspecified atom stereocenters. The number of halogens is 2. The topological polar surface area (TPSA) is 98.2 Å². The Labute approximate surface area is 189 Å². The lowest BCUT2D eigenvalue weighted by Crippen LogP contribution is -2.57. The van der Waals surface area contributed by atoms with Gasteiger partial charge in [0.1, 0.15) is 23.1 Å². The molecule has 3 aliphatic heterocycles. The first kappa shape index (κ1) is 22.4. The summed E-state index contributed by atoms with van der Waals surface area (Å²) in [5.41, 5.74) is -0.218. The van der Waals surface area contributed by atoms with Crippen LogP contribution in [0.1, 0.15) is 32.3 Å². The van der Waals surface area contributed by atoms with Crippen LogP contribution in [0.25, 0.3) is 0 Å². The maximum absolute atomic E-state index is 13.5. The van der Waals surface area contributed by atoms with Gasteiger partial charge in [-0.3, -0.25) is 29.0 Å². The number of hydrogen-bond donors (Lipinski definition) is 1. The van der Waals surface area contributed by atoms with Gasteiger partial charge in [0.15, 0.2) is 0 Å². The highest BCUT2D eigenvalue weighted by Gasteiger charge is 2.59. The minimum absolute atomic E-state index is 0.0689. The maximum Gasteiger partial charge on any atom is 0.297 e. The molecule has 0 aliphatic carbocycles. The maximum atomic E-state index is 13.5. The second-order valence-electron chi connectivity index (χ2n) is 8.64. The van der Waals surface area contributed by atoms with E-state index in [1.807, 2.05) is 0 Å². The van der Waals surface area contributed by atoms with Crippen molar-refractivity contribution in [2.75, 3.05) is 19.7 Å². The molecular formula is C22H23ClFN3O5. The molecule has 10 heteroatoms. The number of fused-ring (bicyclic) bond motifs is 2. The number of aliphatic hydroxyl groups is 1. The molecule has 3 amide bonds. The van der Waals surface area contributed by atoms with Crippen LogP contribution in [-0.2, 0) is 25.7 Å². The Morgan fingerprint density at radius 3 is 2.59 bits per heavy atom. The van der Waals surface area contributed by atoms with Crippen LogP contribution in [0.3, 0.4) is 0 Å². The molecule has 1 aromatic rings. The first-order valence-corrected chi connectivity index (χ1v) is 10.7. The predicted molar refractivity (Wildman–Crippen MR) is 111 cm³/mol. The highest BCUT2D eigenvalue weighted by molar-refractivity contribution is 6.43. The third-order valence-corrected chi connectivity index (χ3v) is 6.50. The van der Waals surface area contributed by atoms with E-state index in [9.17, 15) is 28.7 Å². The largest absolute Gasteiger partial charge is 0.396 e. The molecule has 2 fully saturated rings. The molecule has 0 aromatic heterocycles. The predicted octanol–water partition coefficient (Wildman–Crippen LogP) is 1.45. The molecule has 2 saturated heterocycles. The Morgan fingerprint density at radius 1 is 1.22 bits per heavy atom. The van der Waals surface area contributed by atoms with E-state index >= 15 is 0 Å². The van der Waals surface area contributed by atoms with Gasteiger partial charge in [0.05, 0.1) is 5.02 Å². The third kappa shape index (κ3) is 3.31. The van der Waals surface area contributed by atoms with Crippen molar-refractivity contribution in [2.24, 2.45) is 5.92 Å². The molecule has 170 valence electrons. The minimum Gasteiger partial charge on any atom is -0.396 e. The Hall–Kier alpha value is -2.78. The van der Waals surface area contributed by atoms with Crippen LogP contribution in [0, 0.1) is 11.7 Å². The number of piperidine rings is 1. The summed E-state index contributed by atoms with van der Waals surface area (Å²) in [5, 5.41) is 9.17. The van der Waals surface area contributed by atoms with E-state index < -0.39 is 34.9 Å². The number of benzene rings is 1. The summed E-state index contributed by atoms with van der Waals surface area (Å²) < 4.78 is 13.5. The normalized spacial score (nSPS) is 22.7. The Morgan fingerprint density at radius 2 is 1.94 bits per heavy atom. The van der Waals surface area contributed by atoms with Crippen molar-refractivity contribution in [1.82, 2.24) is 14.7 Å². The molecule has 0 saturated carbocycles. The van der Waals surface area contributed by atoms with Crippen molar-refractivity contribution >= 4 is 35.1 Å². The van der Waals surface area contributed by atoms with E-state index in [2.05, 4.69) is 0 Å². The van der Waals surface area contributed by atoms with E-state index in [1.165, 1.54) is 32.9 Å². The highest BCUT2D eigenvalue weighted by Crippen LogP contribution is 2.44. The Balaban J connectivity index is 1.71. The van der Waals surface area contributed by atoms with Crippen LogP contribution in [0.2, 0.25) is 5.02 Å². The molecule has 32 heavy (non-hydrogen) atoms. The van der Waals surface area contributed by atoms with Gasteiger partial charge in [0, 0.05) is 26.2 Å². The molecule has 0 bridgehead atoms. The molecule has 1 atom stereocenters. The Kier molecular flexibility index (Phi) is 5.58. The fraction of sp³-hybridized carbons (Fsp3) is 0.455. The minimum atomic E-state index is -1.29. The highest BCUT2D eigenvalue weighted by atomic mass is 35.5. The lowest BCUT2D eigenvalue weighted by atomic mass is 9.83. The molecular weight excluding hydrogens is 441 g/mol. The van der Waals surface area contributed by atoms with E-state index in [-0.39, 0.29) is 37.2 Å². The van der Waals surface area contributed by atoms with Crippen LogP contribution in [0.15, 0.2) is 29.6 Å². The number of carbonyl (C=O) groups excluding carboxylic acids is 4. The number of likely N-dealkylation sites (tertiary alicyclic amines) is 1. The number of rotatable bonds is 5. The third-order valence-electron chi connectivity index (χ3n) is 6.21. The molecule has 8 nitrogen and oxygen atoms in total. The molecule has 1 aromatic carbocycles. The lowest BCUT2D eigenvalue weighted by molar-refractivity contribution is -0.154. The summed E-state index contributed by atoms with van der Waals surface area (Å²) in [6.07, 6.45) is 0.597. The van der Waals surface area contributed by atoms with Gasteiger partial charge in [-0.2, -0.15) is 0 Å². The molecule has 0 radical (unpaired) electrons. The standard InChI is InChI=1S/C22H23ClFN3O5/c1-22(2)21(32)26(7-3-9-28)18-13-6-8-25(11-12-4-5-15(24)14(23)10-12)19(30)16(13)17(29)20(31)27(18)22/h4-5,10,16,28H,3,6-9,11H2,1-2H3. The van der Waals surface area contributed by atoms with Crippen molar-refractivity contribution in [3.63, 3.8) is 0 Å². The molecule has 0 spiro atoms. The number of carbonyl (C=O) groups is 4. The fourth-order valence-corrected chi connectivity index (χ4v) is 4.82. The summed E-state index contributed by atoms with van der Waals surface area (Å²) in [5.74, 6) is -4.21. The zero-order valence-corrected chi connectivity index (χ0v) is 18.5. The van der Waals surface area contributed by atoms with E-state index in [4.69, 9.17) is 11.6 Å². The molecule has 3 heterocycles. The van der Waals surface area contributed by atoms with E-state index in [1.54, 1.807) is 13.8 Å². The van der Waals surface area contributed by atoms with Gasteiger partial charge in [-0.15, -0.1) is 0 Å². The van der Waals surface area contributed by atoms with Gasteiger partial charge in [-0.25, -0.2) is 4.39 Å². The summed E-state index contributed by atoms with van der Waals surface area (Å²) in [7, 11) is 0. The van der Waals surface area contributed by atoms with Crippen molar-refractivity contribution in [3.05, 3.63) is 46.0 Å². The van der Waals surface area contributed by atoms with Crippen molar-refractivity contribution < 1.29 is 28.7 Å². The number of amides is 3. The van der Waals surface area contributed by atoms with Gasteiger partial charge in [0.2, 0.25) is 11.7 Å². The van der Waals surface area contributed by atoms with E-state index in [0.717, 1.165) is 0 Å². The molecule has 3 aliphatic rings. The Bertz CT molecular complexity index is 1070. The average Bonchev–Trinajstić information content (AvgIpc) is 2.94. The van der Waals surface area contributed by atoms with Gasteiger partial charge in [-0.1, -0.05) is 17.7 Å². The van der Waals surface area contributed by atoms with Gasteiger partial charge in [-0.05, 0) is 50.0 Å². The monoisotopic (exact) mass is 463 g/mol. The van der Waals surface area contributed by atoms with Crippen LogP contribution < -0.4 is 0 Å². The van der Waals surface area contributed by atoms with Crippen molar-refractivity contribution in [1.29, 1.82) is 0 Å². The van der Waals surface area contributed by atoms with Crippen molar-refractivity contribution in [2.45, 2.75) is 38.8 Å². The second-order valence-corrected chi connectivity index (χ2v) is 9.05. The number of hydrogen-bond acceptors (Lipinski definition) is 5. The smallest absolute Gasteiger partial charge is 0.297 e. The number of Topliss-reactive ketones (excluding diaryl/α,β-unsaturated/α-hetero) is 1. The fourth-order valence-electron chi connectivity index (χ4n) is 4.61. The van der Waals surface area contributed by atoms with E-state index in [0.29, 0.717) is 29.8 Å². The first-order valence-electron chi connectivity index (χ1n) is 10.4. The molecule has 1 N–H and O–H groups in total. The van der Waals surface area contributed by atoms with Crippen LogP contribution >= 0.6 is 11.6 Å². The number of ketones is 1. The summed E-state index contributed by atoms with van der Waals surface area (Å²) in [6, 6.07) is 4.13. The van der Waals surface area contributed by atoms with Crippen LogP contribution in [0.5, 0.6) is 0 Å². The molecule has 4 rings (SSSR count). The van der Waals surface area contributed by atoms with Gasteiger partial charge < -0.3 is 10.0 Å². The quantitative estimate of drug-likeness (QED) is 0.526. The first-order chi connectivity index (χ1) is 15.1. The van der Waals surface area contributed by atoms with Gasteiger partial charge in [0.25, 0.3) is 11.8 Å². The van der Waals surface area contributed by atoms with Crippen molar-refractivity contribution in [3.8, 4) is 0 Å². The summed E-state index contributed by atoms with van der Waals surface area (Å²) >= 11 is 5.83. The van der Waals surface area contributed by atoms with Gasteiger partial charge >= 0.3 is 0 Å². The zero-order valence-electron chi connectivity index (χ0n) is 17.7. The lowest BCUT2D eigenvalue weighted by Gasteiger charge is -2.41. The number of nitrogens with zero attached hydrogens (tertiary/aromatic N) is 3. The summed E-state index contributed by atoms with van der Waals surface area (Å²) in [6.45, 7) is 3.54. The zero-order chi connectivity index (χ0) is 23.4.